The van der Waals surface area contributed by atoms with Gasteiger partial charge in [0.1, 0.15) is 5.82 Å². The summed E-state index contributed by atoms with van der Waals surface area (Å²) in [5.41, 5.74) is 0.0160. The predicted octanol–water partition coefficient (Wildman–Crippen LogP) is 3.96. The van der Waals surface area contributed by atoms with Crippen molar-refractivity contribution < 1.29 is 17.6 Å². The van der Waals surface area contributed by atoms with E-state index in [0.717, 1.165) is 12.1 Å². The standard InChI is InChI=1S/C11H10F4/c1-7(2)3-8-4-9(11(13,14)15)6-10(12)5-8/h4-6H,1,3H2,2H3. The van der Waals surface area contributed by atoms with Crippen molar-refractivity contribution in [2.75, 3.05) is 0 Å². The molecular weight excluding hydrogens is 208 g/mol. The molecule has 0 atom stereocenters. The molecule has 0 nitrogen and oxygen atoms in total. The molecule has 0 amide bonds. The lowest BCUT2D eigenvalue weighted by atomic mass is 10.0. The van der Waals surface area contributed by atoms with Gasteiger partial charge in [-0.3, -0.25) is 0 Å². The highest BCUT2D eigenvalue weighted by Crippen LogP contribution is 2.30. The number of alkyl halides is 3. The minimum Gasteiger partial charge on any atom is -0.207 e. The smallest absolute Gasteiger partial charge is 0.207 e. The third-order valence-corrected chi connectivity index (χ3v) is 1.79. The molecule has 0 saturated carbocycles. The van der Waals surface area contributed by atoms with Crippen molar-refractivity contribution in [3.8, 4) is 0 Å². The average Bonchev–Trinajstić information content (AvgIpc) is 1.99. The second-order valence-electron chi connectivity index (χ2n) is 3.48. The van der Waals surface area contributed by atoms with Crippen molar-refractivity contribution in [2.45, 2.75) is 19.5 Å². The maximum Gasteiger partial charge on any atom is 0.416 e. The summed E-state index contributed by atoms with van der Waals surface area (Å²) in [7, 11) is 0. The first-order valence-corrected chi connectivity index (χ1v) is 4.30. The zero-order chi connectivity index (χ0) is 11.6. The summed E-state index contributed by atoms with van der Waals surface area (Å²) in [5, 5.41) is 0. The van der Waals surface area contributed by atoms with E-state index in [1.807, 2.05) is 0 Å². The van der Waals surface area contributed by atoms with Crippen molar-refractivity contribution >= 4 is 0 Å². The van der Waals surface area contributed by atoms with Crippen LogP contribution in [-0.2, 0) is 12.6 Å². The topological polar surface area (TPSA) is 0 Å². The van der Waals surface area contributed by atoms with E-state index in [1.54, 1.807) is 6.92 Å². The molecule has 0 aliphatic carbocycles. The van der Waals surface area contributed by atoms with Crippen molar-refractivity contribution in [3.05, 3.63) is 47.3 Å². The first-order valence-electron chi connectivity index (χ1n) is 4.30. The summed E-state index contributed by atoms with van der Waals surface area (Å²) >= 11 is 0. The minimum absolute atomic E-state index is 0.251. The fourth-order valence-electron chi connectivity index (χ4n) is 1.26. The third-order valence-electron chi connectivity index (χ3n) is 1.79. The maximum atomic E-state index is 12.9. The summed E-state index contributed by atoms with van der Waals surface area (Å²) in [6, 6.07) is 2.52. The minimum atomic E-state index is -4.51. The molecule has 0 radical (unpaired) electrons. The van der Waals surface area contributed by atoms with Crippen LogP contribution in [0.2, 0.25) is 0 Å². The van der Waals surface area contributed by atoms with Crippen LogP contribution < -0.4 is 0 Å². The Bertz CT molecular complexity index is 377. The second kappa shape index (κ2) is 4.04. The maximum absolute atomic E-state index is 12.9. The Morgan fingerprint density at radius 3 is 2.33 bits per heavy atom. The van der Waals surface area contributed by atoms with E-state index in [1.165, 1.54) is 0 Å². The molecule has 0 saturated heterocycles. The fraction of sp³-hybridized carbons (Fsp3) is 0.273. The van der Waals surface area contributed by atoms with Crippen LogP contribution in [0, 0.1) is 5.82 Å². The van der Waals surface area contributed by atoms with Crippen LogP contribution in [0.5, 0.6) is 0 Å². The molecule has 82 valence electrons. The van der Waals surface area contributed by atoms with Crippen LogP contribution in [0.3, 0.4) is 0 Å². The lowest BCUT2D eigenvalue weighted by molar-refractivity contribution is -0.137. The number of halogens is 4. The Labute approximate surface area is 85.2 Å². The van der Waals surface area contributed by atoms with Gasteiger partial charge in [0.15, 0.2) is 0 Å². The number of hydrogen-bond donors (Lipinski definition) is 0. The summed E-state index contributed by atoms with van der Waals surface area (Å²) in [4.78, 5) is 0. The Balaban J connectivity index is 3.11. The fourth-order valence-corrected chi connectivity index (χ4v) is 1.26. The van der Waals surface area contributed by atoms with Gasteiger partial charge in [0.05, 0.1) is 5.56 Å². The number of allylic oxidation sites excluding steroid dienone is 1. The molecule has 0 heterocycles. The number of benzene rings is 1. The Morgan fingerprint density at radius 1 is 1.27 bits per heavy atom. The molecule has 0 unspecified atom stereocenters. The van der Waals surface area contributed by atoms with Crippen molar-refractivity contribution in [2.24, 2.45) is 0 Å². The Kier molecular flexibility index (Phi) is 3.17. The molecule has 0 fully saturated rings. The van der Waals surface area contributed by atoms with E-state index in [9.17, 15) is 17.6 Å². The highest BCUT2D eigenvalue weighted by atomic mass is 19.4. The van der Waals surface area contributed by atoms with Gasteiger partial charge in [-0.25, -0.2) is 4.39 Å². The molecule has 0 bridgehead atoms. The summed E-state index contributed by atoms with van der Waals surface area (Å²) in [6.07, 6.45) is -4.26. The SMILES string of the molecule is C=C(C)Cc1cc(F)cc(C(F)(F)F)c1. The van der Waals surface area contributed by atoms with Gasteiger partial charge in [0, 0.05) is 0 Å². The Hall–Kier alpha value is -1.32. The highest BCUT2D eigenvalue weighted by Gasteiger charge is 2.31. The van der Waals surface area contributed by atoms with Gasteiger partial charge in [-0.2, -0.15) is 13.2 Å². The van der Waals surface area contributed by atoms with Crippen LogP contribution >= 0.6 is 0 Å². The van der Waals surface area contributed by atoms with E-state index in [4.69, 9.17) is 0 Å². The van der Waals surface area contributed by atoms with Crippen molar-refractivity contribution in [3.63, 3.8) is 0 Å². The van der Waals surface area contributed by atoms with Crippen molar-refractivity contribution in [1.82, 2.24) is 0 Å². The van der Waals surface area contributed by atoms with E-state index >= 15 is 0 Å². The molecule has 1 aromatic carbocycles. The molecule has 15 heavy (non-hydrogen) atoms. The van der Waals surface area contributed by atoms with Crippen LogP contribution in [0.25, 0.3) is 0 Å². The predicted molar refractivity (Wildman–Crippen MR) is 49.9 cm³/mol. The molecule has 0 spiro atoms. The van der Waals surface area contributed by atoms with Gasteiger partial charge in [0.2, 0.25) is 0 Å². The van der Waals surface area contributed by atoms with Gasteiger partial charge in [-0.1, -0.05) is 12.2 Å². The summed E-state index contributed by atoms with van der Waals surface area (Å²) in [6.45, 7) is 5.25. The van der Waals surface area contributed by atoms with Gasteiger partial charge < -0.3 is 0 Å². The number of hydrogen-bond acceptors (Lipinski definition) is 0. The average molecular weight is 218 g/mol. The first-order chi connectivity index (χ1) is 6.79. The van der Waals surface area contributed by atoms with E-state index in [0.29, 0.717) is 11.6 Å². The highest BCUT2D eigenvalue weighted by molar-refractivity contribution is 5.29. The molecular formula is C11H10F4. The van der Waals surface area contributed by atoms with Gasteiger partial charge in [0.25, 0.3) is 0 Å². The lowest BCUT2D eigenvalue weighted by Crippen LogP contribution is -2.06. The lowest BCUT2D eigenvalue weighted by Gasteiger charge is -2.09. The van der Waals surface area contributed by atoms with E-state index < -0.39 is 17.6 Å². The molecule has 4 heteroatoms. The van der Waals surface area contributed by atoms with Gasteiger partial charge >= 0.3 is 6.18 Å². The van der Waals surface area contributed by atoms with E-state index in [2.05, 4.69) is 6.58 Å². The quantitative estimate of drug-likeness (QED) is 0.520. The molecule has 1 aromatic rings. The summed E-state index contributed by atoms with van der Waals surface area (Å²) in [5.74, 6) is -0.874. The van der Waals surface area contributed by atoms with E-state index in [-0.39, 0.29) is 12.0 Å². The van der Waals surface area contributed by atoms with Crippen molar-refractivity contribution in [1.29, 1.82) is 0 Å². The summed E-state index contributed by atoms with van der Waals surface area (Å²) < 4.78 is 49.8. The molecule has 0 aliphatic heterocycles. The van der Waals surface area contributed by atoms with Crippen LogP contribution in [0.15, 0.2) is 30.4 Å². The van der Waals surface area contributed by atoms with Crippen LogP contribution in [0.1, 0.15) is 18.1 Å². The number of rotatable bonds is 2. The monoisotopic (exact) mass is 218 g/mol. The largest absolute Gasteiger partial charge is 0.416 e. The normalized spacial score (nSPS) is 11.5. The van der Waals surface area contributed by atoms with Gasteiger partial charge in [-0.15, -0.1) is 0 Å². The third kappa shape index (κ3) is 3.38. The zero-order valence-corrected chi connectivity index (χ0v) is 8.16. The molecule has 0 aromatic heterocycles. The molecule has 0 N–H and O–H groups in total. The second-order valence-corrected chi connectivity index (χ2v) is 3.48. The van der Waals surface area contributed by atoms with Crippen LogP contribution in [-0.4, -0.2) is 0 Å². The Morgan fingerprint density at radius 2 is 1.87 bits per heavy atom. The molecule has 0 aliphatic rings. The van der Waals surface area contributed by atoms with Crippen LogP contribution in [0.4, 0.5) is 17.6 Å². The molecule has 1 rings (SSSR count). The first kappa shape index (κ1) is 11.8. The van der Waals surface area contributed by atoms with Gasteiger partial charge in [-0.05, 0) is 37.1 Å². The zero-order valence-electron chi connectivity index (χ0n) is 8.16.